The molecule has 0 saturated carbocycles. The molecule has 2 aromatic carbocycles. The van der Waals surface area contributed by atoms with Crippen LogP contribution in [0.3, 0.4) is 0 Å². The van der Waals surface area contributed by atoms with Gasteiger partial charge in [0.15, 0.2) is 0 Å². The standard InChI is InChI=1S/C16H13N3O2/c17-11-16-15-7-2-1-4-12(15)8-9-18(16)13-5-3-6-14(10-13)19(20)21/h1-7,10,16H,8-9H2. The molecule has 1 atom stereocenters. The average molecular weight is 279 g/mol. The van der Waals surface area contributed by atoms with Gasteiger partial charge in [-0.3, -0.25) is 10.1 Å². The normalized spacial score (nSPS) is 16.9. The molecule has 0 saturated heterocycles. The number of anilines is 1. The highest BCUT2D eigenvalue weighted by Gasteiger charge is 2.27. The third-order valence-corrected chi connectivity index (χ3v) is 3.78. The van der Waals surface area contributed by atoms with Crippen molar-refractivity contribution < 1.29 is 4.92 Å². The number of nitro benzene ring substituents is 1. The zero-order valence-electron chi connectivity index (χ0n) is 11.3. The molecule has 104 valence electrons. The highest BCUT2D eigenvalue weighted by Crippen LogP contribution is 2.34. The Balaban J connectivity index is 2.02. The van der Waals surface area contributed by atoms with Crippen molar-refractivity contribution in [2.24, 2.45) is 0 Å². The van der Waals surface area contributed by atoms with Crippen molar-refractivity contribution in [1.29, 1.82) is 5.26 Å². The van der Waals surface area contributed by atoms with Crippen LogP contribution in [0, 0.1) is 21.4 Å². The fourth-order valence-corrected chi connectivity index (χ4v) is 2.77. The summed E-state index contributed by atoms with van der Waals surface area (Å²) >= 11 is 0. The van der Waals surface area contributed by atoms with E-state index in [4.69, 9.17) is 0 Å². The molecular formula is C16H13N3O2. The number of nitro groups is 1. The van der Waals surface area contributed by atoms with E-state index in [-0.39, 0.29) is 5.69 Å². The van der Waals surface area contributed by atoms with E-state index in [1.807, 2.05) is 35.2 Å². The SMILES string of the molecule is N#CC1c2ccccc2CCN1c1cccc([N+](=O)[O-])c1. The molecule has 0 spiro atoms. The largest absolute Gasteiger partial charge is 0.352 e. The van der Waals surface area contributed by atoms with Gasteiger partial charge in [-0.25, -0.2) is 0 Å². The highest BCUT2D eigenvalue weighted by molar-refractivity contribution is 5.58. The van der Waals surface area contributed by atoms with Gasteiger partial charge in [-0.1, -0.05) is 30.3 Å². The number of nitriles is 1. The van der Waals surface area contributed by atoms with Gasteiger partial charge in [-0.05, 0) is 23.6 Å². The first-order valence-corrected chi connectivity index (χ1v) is 6.69. The summed E-state index contributed by atoms with van der Waals surface area (Å²) in [6.07, 6.45) is 0.830. The Morgan fingerprint density at radius 3 is 2.81 bits per heavy atom. The number of hydrogen-bond acceptors (Lipinski definition) is 4. The van der Waals surface area contributed by atoms with Gasteiger partial charge < -0.3 is 4.90 Å². The van der Waals surface area contributed by atoms with E-state index >= 15 is 0 Å². The molecule has 21 heavy (non-hydrogen) atoms. The van der Waals surface area contributed by atoms with Crippen molar-refractivity contribution in [2.45, 2.75) is 12.5 Å². The number of nitrogens with zero attached hydrogens (tertiary/aromatic N) is 3. The Bertz CT molecular complexity index is 736. The van der Waals surface area contributed by atoms with Gasteiger partial charge in [-0.15, -0.1) is 0 Å². The Morgan fingerprint density at radius 1 is 1.24 bits per heavy atom. The molecule has 0 bridgehead atoms. The Hall–Kier alpha value is -2.87. The molecule has 5 heteroatoms. The van der Waals surface area contributed by atoms with Crippen molar-refractivity contribution in [3.05, 3.63) is 69.8 Å². The molecule has 0 aromatic heterocycles. The van der Waals surface area contributed by atoms with E-state index in [0.717, 1.165) is 12.0 Å². The first-order valence-electron chi connectivity index (χ1n) is 6.69. The third-order valence-electron chi connectivity index (χ3n) is 3.78. The number of non-ortho nitro benzene ring substituents is 1. The fraction of sp³-hybridized carbons (Fsp3) is 0.188. The van der Waals surface area contributed by atoms with Gasteiger partial charge in [-0.2, -0.15) is 5.26 Å². The summed E-state index contributed by atoms with van der Waals surface area (Å²) in [7, 11) is 0. The minimum atomic E-state index is -0.414. The minimum Gasteiger partial charge on any atom is -0.352 e. The molecule has 0 radical (unpaired) electrons. The Kier molecular flexibility index (Phi) is 3.28. The van der Waals surface area contributed by atoms with Crippen LogP contribution in [0.2, 0.25) is 0 Å². The van der Waals surface area contributed by atoms with Gasteiger partial charge in [0.2, 0.25) is 0 Å². The van der Waals surface area contributed by atoms with E-state index in [0.29, 0.717) is 12.2 Å². The van der Waals surface area contributed by atoms with E-state index in [1.165, 1.54) is 17.7 Å². The molecule has 1 heterocycles. The monoisotopic (exact) mass is 279 g/mol. The number of hydrogen-bond donors (Lipinski definition) is 0. The van der Waals surface area contributed by atoms with Crippen LogP contribution in [0.15, 0.2) is 48.5 Å². The smallest absolute Gasteiger partial charge is 0.271 e. The second-order valence-electron chi connectivity index (χ2n) is 4.95. The van der Waals surface area contributed by atoms with E-state index in [1.54, 1.807) is 6.07 Å². The summed E-state index contributed by atoms with van der Waals surface area (Å²) in [4.78, 5) is 12.4. The molecule has 5 nitrogen and oxygen atoms in total. The van der Waals surface area contributed by atoms with Gasteiger partial charge >= 0.3 is 0 Å². The van der Waals surface area contributed by atoms with Crippen LogP contribution in [-0.2, 0) is 6.42 Å². The molecule has 0 aliphatic carbocycles. The lowest BCUT2D eigenvalue weighted by Gasteiger charge is -2.35. The Morgan fingerprint density at radius 2 is 2.05 bits per heavy atom. The predicted molar refractivity (Wildman–Crippen MR) is 78.9 cm³/mol. The highest BCUT2D eigenvalue weighted by atomic mass is 16.6. The van der Waals surface area contributed by atoms with E-state index in [2.05, 4.69) is 6.07 Å². The zero-order chi connectivity index (χ0) is 14.8. The van der Waals surface area contributed by atoms with Crippen LogP contribution < -0.4 is 4.90 Å². The summed E-state index contributed by atoms with van der Waals surface area (Å²) in [5.74, 6) is 0. The molecule has 0 fully saturated rings. The zero-order valence-corrected chi connectivity index (χ0v) is 11.3. The fourth-order valence-electron chi connectivity index (χ4n) is 2.77. The predicted octanol–water partition coefficient (Wildman–Crippen LogP) is 3.22. The van der Waals surface area contributed by atoms with E-state index < -0.39 is 11.0 Å². The van der Waals surface area contributed by atoms with Crippen molar-refractivity contribution >= 4 is 11.4 Å². The lowest BCUT2D eigenvalue weighted by Crippen LogP contribution is -2.34. The summed E-state index contributed by atoms with van der Waals surface area (Å²) in [6.45, 7) is 0.677. The first kappa shape index (κ1) is 13.1. The van der Waals surface area contributed by atoms with Crippen LogP contribution in [0.4, 0.5) is 11.4 Å². The quantitative estimate of drug-likeness (QED) is 0.625. The van der Waals surface area contributed by atoms with Crippen molar-refractivity contribution in [3.63, 3.8) is 0 Å². The van der Waals surface area contributed by atoms with Crippen molar-refractivity contribution in [2.75, 3.05) is 11.4 Å². The van der Waals surface area contributed by atoms with Gasteiger partial charge in [0.25, 0.3) is 5.69 Å². The van der Waals surface area contributed by atoms with E-state index in [9.17, 15) is 15.4 Å². The maximum atomic E-state index is 10.9. The number of benzene rings is 2. The summed E-state index contributed by atoms with van der Waals surface area (Å²) < 4.78 is 0. The molecule has 1 unspecified atom stereocenters. The second kappa shape index (κ2) is 5.25. The Labute approximate surface area is 122 Å². The number of rotatable bonds is 2. The summed E-state index contributed by atoms with van der Waals surface area (Å²) in [5.41, 5.74) is 2.91. The molecule has 1 aliphatic rings. The average Bonchev–Trinajstić information content (AvgIpc) is 2.53. The first-order chi connectivity index (χ1) is 10.2. The molecular weight excluding hydrogens is 266 g/mol. The lowest BCUT2D eigenvalue weighted by molar-refractivity contribution is -0.384. The lowest BCUT2D eigenvalue weighted by atomic mass is 9.93. The van der Waals surface area contributed by atoms with Crippen molar-refractivity contribution in [3.8, 4) is 6.07 Å². The van der Waals surface area contributed by atoms with Crippen molar-refractivity contribution in [1.82, 2.24) is 0 Å². The van der Waals surface area contributed by atoms with Gasteiger partial charge in [0, 0.05) is 24.4 Å². The maximum absolute atomic E-state index is 10.9. The van der Waals surface area contributed by atoms with Gasteiger partial charge in [0.1, 0.15) is 6.04 Å². The van der Waals surface area contributed by atoms with Crippen LogP contribution in [0.25, 0.3) is 0 Å². The van der Waals surface area contributed by atoms with Crippen LogP contribution in [-0.4, -0.2) is 11.5 Å². The van der Waals surface area contributed by atoms with Crippen LogP contribution in [0.5, 0.6) is 0 Å². The minimum absolute atomic E-state index is 0.0445. The summed E-state index contributed by atoms with van der Waals surface area (Å²) in [6, 6.07) is 16.2. The number of fused-ring (bicyclic) bond motifs is 1. The topological polar surface area (TPSA) is 70.2 Å². The second-order valence-corrected chi connectivity index (χ2v) is 4.95. The van der Waals surface area contributed by atoms with Gasteiger partial charge in [0.05, 0.1) is 11.0 Å². The van der Waals surface area contributed by atoms with Crippen LogP contribution in [0.1, 0.15) is 17.2 Å². The molecule has 3 rings (SSSR count). The molecule has 2 aromatic rings. The third kappa shape index (κ3) is 2.32. The summed E-state index contributed by atoms with van der Waals surface area (Å²) in [5, 5.41) is 20.4. The maximum Gasteiger partial charge on any atom is 0.271 e. The van der Waals surface area contributed by atoms with Crippen LogP contribution >= 0.6 is 0 Å². The molecule has 0 N–H and O–H groups in total. The molecule has 1 aliphatic heterocycles. The molecule has 0 amide bonds.